The molecule has 2 heterocycles. The lowest BCUT2D eigenvalue weighted by molar-refractivity contribution is -0.133. The van der Waals surface area contributed by atoms with Crippen LogP contribution in [0.4, 0.5) is 4.79 Å². The summed E-state index contributed by atoms with van der Waals surface area (Å²) in [5, 5.41) is 4.04. The number of hydrogen-bond donors (Lipinski definition) is 2. The number of nitrogens with two attached hydrogens (primary N) is 1. The minimum Gasteiger partial charge on any atom is -0.368 e. The van der Waals surface area contributed by atoms with Crippen LogP contribution >= 0.6 is 0 Å². The van der Waals surface area contributed by atoms with Crippen LogP contribution in [0.2, 0.25) is 0 Å². The number of nitrogens with zero attached hydrogens (tertiary/aromatic N) is 2. The molecule has 3 N–H and O–H groups in total. The van der Waals surface area contributed by atoms with E-state index in [4.69, 9.17) is 10.6 Å². The normalized spacial score (nSPS) is 21.6. The fourth-order valence-corrected chi connectivity index (χ4v) is 3.23. The highest BCUT2D eigenvalue weighted by Gasteiger charge is 2.47. The third-order valence-corrected chi connectivity index (χ3v) is 4.51. The van der Waals surface area contributed by atoms with Crippen LogP contribution in [0.15, 0.2) is 42.0 Å². The van der Waals surface area contributed by atoms with Gasteiger partial charge in [-0.3, -0.25) is 14.4 Å². The van der Waals surface area contributed by atoms with E-state index >= 15 is 0 Å². The average Bonchev–Trinajstić information content (AvgIpc) is 2.88. The summed E-state index contributed by atoms with van der Waals surface area (Å²) in [4.78, 5) is 42.7. The zero-order valence-electron chi connectivity index (χ0n) is 14.6. The molecule has 8 nitrogen and oxygen atoms in total. The van der Waals surface area contributed by atoms with Gasteiger partial charge >= 0.3 is 6.03 Å². The molecule has 26 heavy (non-hydrogen) atoms. The van der Waals surface area contributed by atoms with Gasteiger partial charge in [-0.05, 0) is 17.6 Å². The molecule has 4 amide bonds. The Balaban J connectivity index is 1.75. The third-order valence-electron chi connectivity index (χ3n) is 4.51. The van der Waals surface area contributed by atoms with E-state index in [-0.39, 0.29) is 24.6 Å². The van der Waals surface area contributed by atoms with Gasteiger partial charge in [0.2, 0.25) is 11.8 Å². The zero-order chi connectivity index (χ0) is 18.7. The first-order valence-electron chi connectivity index (χ1n) is 8.48. The van der Waals surface area contributed by atoms with Crippen molar-refractivity contribution >= 4 is 17.8 Å². The van der Waals surface area contributed by atoms with Gasteiger partial charge in [-0.15, -0.1) is 0 Å². The molecular weight excluding hydrogens is 336 g/mol. The van der Waals surface area contributed by atoms with Gasteiger partial charge in [-0.1, -0.05) is 36.4 Å². The number of hydroxylamine groups is 2. The molecule has 0 spiro atoms. The topological polar surface area (TPSA) is 105 Å². The molecule has 1 saturated heterocycles. The number of fused-ring (bicyclic) bond motifs is 2. The summed E-state index contributed by atoms with van der Waals surface area (Å²) in [6, 6.07) is 8.05. The van der Waals surface area contributed by atoms with Crippen molar-refractivity contribution in [2.45, 2.75) is 32.0 Å². The van der Waals surface area contributed by atoms with Crippen molar-refractivity contribution in [3.8, 4) is 0 Å². The fraction of sp³-hybridized carbons (Fsp3) is 0.389. The van der Waals surface area contributed by atoms with Gasteiger partial charge < -0.3 is 16.0 Å². The minimum absolute atomic E-state index is 0.130. The van der Waals surface area contributed by atoms with Crippen LogP contribution in [0.1, 0.15) is 18.9 Å². The molecule has 0 saturated carbocycles. The number of carbonyl (C=O) groups is 3. The predicted octanol–water partition coefficient (Wildman–Crippen LogP) is 0.545. The molecule has 0 aromatic heterocycles. The van der Waals surface area contributed by atoms with Crippen molar-refractivity contribution in [2.24, 2.45) is 5.73 Å². The second kappa shape index (κ2) is 7.57. The van der Waals surface area contributed by atoms with Crippen LogP contribution in [0.25, 0.3) is 0 Å². The van der Waals surface area contributed by atoms with Gasteiger partial charge in [-0.25, -0.2) is 4.79 Å². The first kappa shape index (κ1) is 17.9. The summed E-state index contributed by atoms with van der Waals surface area (Å²) in [5.41, 5.74) is 7.25. The smallest absolute Gasteiger partial charge is 0.345 e. The van der Waals surface area contributed by atoms with E-state index in [1.165, 1.54) is 16.9 Å². The van der Waals surface area contributed by atoms with E-state index in [0.717, 1.165) is 11.1 Å². The SMILES string of the molecule is CC(=O)NCCC1=C[C@@H](C(N)=O)N2CC1N(OCc1ccccc1)C2=O. The van der Waals surface area contributed by atoms with Gasteiger partial charge in [0.05, 0.1) is 6.54 Å². The molecule has 1 aromatic rings. The Kier molecular flexibility index (Phi) is 5.22. The molecule has 3 rings (SSSR count). The summed E-state index contributed by atoms with van der Waals surface area (Å²) in [5.74, 6) is -0.715. The number of nitrogens with one attached hydrogen (secondary N) is 1. The Morgan fingerprint density at radius 3 is 2.69 bits per heavy atom. The number of primary amides is 1. The van der Waals surface area contributed by atoms with Crippen LogP contribution in [0.5, 0.6) is 0 Å². The van der Waals surface area contributed by atoms with Crippen LogP contribution in [-0.4, -0.2) is 53.0 Å². The highest BCUT2D eigenvalue weighted by Crippen LogP contribution is 2.32. The summed E-state index contributed by atoms with van der Waals surface area (Å²) in [6.07, 6.45) is 2.22. The predicted molar refractivity (Wildman–Crippen MR) is 93.3 cm³/mol. The maximum atomic E-state index is 12.7. The number of amides is 4. The van der Waals surface area contributed by atoms with Gasteiger partial charge in [-0.2, -0.15) is 5.06 Å². The Hall–Kier alpha value is -2.87. The van der Waals surface area contributed by atoms with Gasteiger partial charge in [0.15, 0.2) is 0 Å². The molecule has 2 atom stereocenters. The summed E-state index contributed by atoms with van der Waals surface area (Å²) in [7, 11) is 0. The van der Waals surface area contributed by atoms with Crippen molar-refractivity contribution in [1.82, 2.24) is 15.3 Å². The number of carbonyl (C=O) groups excluding carboxylic acids is 3. The second-order valence-corrected chi connectivity index (χ2v) is 6.36. The van der Waals surface area contributed by atoms with E-state index in [2.05, 4.69) is 5.32 Å². The maximum absolute atomic E-state index is 12.7. The third kappa shape index (κ3) is 3.70. The molecule has 8 heteroatoms. The van der Waals surface area contributed by atoms with Crippen LogP contribution in [-0.2, 0) is 21.0 Å². The van der Waals surface area contributed by atoms with Crippen molar-refractivity contribution < 1.29 is 19.2 Å². The first-order chi connectivity index (χ1) is 12.5. The molecule has 2 aliphatic rings. The monoisotopic (exact) mass is 358 g/mol. The average molecular weight is 358 g/mol. The summed E-state index contributed by atoms with van der Waals surface area (Å²) in [6.45, 7) is 2.45. The lowest BCUT2D eigenvalue weighted by atomic mass is 9.97. The molecule has 0 radical (unpaired) electrons. The maximum Gasteiger partial charge on any atom is 0.345 e. The Morgan fingerprint density at radius 2 is 2.04 bits per heavy atom. The quantitative estimate of drug-likeness (QED) is 0.694. The Morgan fingerprint density at radius 1 is 1.31 bits per heavy atom. The first-order valence-corrected chi connectivity index (χ1v) is 8.48. The molecule has 1 unspecified atom stereocenters. The molecule has 0 aliphatic carbocycles. The Labute approximate surface area is 151 Å². The van der Waals surface area contributed by atoms with E-state index in [9.17, 15) is 14.4 Å². The van der Waals surface area contributed by atoms with Gasteiger partial charge in [0.1, 0.15) is 18.7 Å². The summed E-state index contributed by atoms with van der Waals surface area (Å²) >= 11 is 0. The summed E-state index contributed by atoms with van der Waals surface area (Å²) < 4.78 is 0. The van der Waals surface area contributed by atoms with Crippen molar-refractivity contribution in [1.29, 1.82) is 0 Å². The minimum atomic E-state index is -0.795. The van der Waals surface area contributed by atoms with Crippen LogP contribution < -0.4 is 11.1 Å². The lowest BCUT2D eigenvalue weighted by Crippen LogP contribution is -2.46. The van der Waals surface area contributed by atoms with E-state index in [1.54, 1.807) is 6.08 Å². The molecule has 138 valence electrons. The van der Waals surface area contributed by atoms with Gasteiger partial charge in [0.25, 0.3) is 0 Å². The fourth-order valence-electron chi connectivity index (χ4n) is 3.23. The highest BCUT2D eigenvalue weighted by molar-refractivity contribution is 5.90. The standard InChI is InChI=1S/C18H22N4O4/c1-12(23)20-8-7-14-9-15(17(19)24)21-10-16(14)22(18(21)25)26-11-13-5-3-2-4-6-13/h2-6,9,15-16H,7-8,10-11H2,1H3,(H2,19,24)(H,20,23)/t15-,16?/m0/s1. The van der Waals surface area contributed by atoms with Crippen LogP contribution in [0, 0.1) is 0 Å². The van der Waals surface area contributed by atoms with E-state index < -0.39 is 11.9 Å². The van der Waals surface area contributed by atoms with E-state index in [1.807, 2.05) is 30.3 Å². The lowest BCUT2D eigenvalue weighted by Gasteiger charge is -2.28. The van der Waals surface area contributed by atoms with Gasteiger partial charge in [0, 0.05) is 13.5 Å². The number of urea groups is 1. The molecule has 2 aliphatic heterocycles. The number of hydrogen-bond acceptors (Lipinski definition) is 4. The molecule has 2 bridgehead atoms. The van der Waals surface area contributed by atoms with Crippen molar-refractivity contribution in [3.05, 3.63) is 47.5 Å². The zero-order valence-corrected chi connectivity index (χ0v) is 14.6. The van der Waals surface area contributed by atoms with Crippen molar-refractivity contribution in [3.63, 3.8) is 0 Å². The molecule has 1 aromatic carbocycles. The molecule has 1 fully saturated rings. The van der Waals surface area contributed by atoms with Crippen molar-refractivity contribution in [2.75, 3.05) is 13.1 Å². The highest BCUT2D eigenvalue weighted by atomic mass is 16.7. The number of benzene rings is 1. The Bertz CT molecular complexity index is 734. The largest absolute Gasteiger partial charge is 0.368 e. The number of rotatable bonds is 7. The van der Waals surface area contributed by atoms with Crippen LogP contribution in [0.3, 0.4) is 0 Å². The second-order valence-electron chi connectivity index (χ2n) is 6.36. The molecular formula is C18H22N4O4. The van der Waals surface area contributed by atoms with E-state index in [0.29, 0.717) is 19.5 Å².